The highest BCUT2D eigenvalue weighted by atomic mass is 16.8. The zero-order valence-corrected chi connectivity index (χ0v) is 31.6. The number of carbonyl (C=O) groups excluding carboxylic acids is 1. The molecule has 4 saturated heterocycles. The Balaban J connectivity index is 1.26. The van der Waals surface area contributed by atoms with Crippen molar-refractivity contribution < 1.29 is 34.0 Å². The van der Waals surface area contributed by atoms with Crippen LogP contribution >= 0.6 is 0 Å². The maximum atomic E-state index is 12.6. The molecule has 7 rings (SSSR count). The number of rotatable bonds is 1. The Hall–Kier alpha value is -1.84. The van der Waals surface area contributed by atoms with Crippen LogP contribution in [0, 0.1) is 29.1 Å². The Morgan fingerprint density at radius 1 is 0.940 bits per heavy atom. The number of hydrogen-bond donors (Lipinski definition) is 2. The lowest BCUT2D eigenvalue weighted by molar-refractivity contribution is -0.387. The van der Waals surface area contributed by atoms with Crippen LogP contribution in [0.15, 0.2) is 39.9 Å². The zero-order valence-electron chi connectivity index (χ0n) is 31.6. The highest BCUT2D eigenvalue weighted by Crippen LogP contribution is 2.56. The fourth-order valence-corrected chi connectivity index (χ4v) is 10.7. The van der Waals surface area contributed by atoms with Gasteiger partial charge in [-0.25, -0.2) is 0 Å². The van der Waals surface area contributed by atoms with E-state index in [0.717, 1.165) is 82.7 Å². The molecule has 0 aromatic rings. The SMILES string of the molecule is C=C1CCCC2=NCC(C)C(C)CC23CCC(C2CC(C)C(=O)O2)=C(C)C3C=C(C)C(O)CC2CCC3(CCC4(OC(CCC4(C)O)C1)O3)O2. The lowest BCUT2D eigenvalue weighted by Gasteiger charge is -2.49. The minimum absolute atomic E-state index is 0.0519. The summed E-state index contributed by atoms with van der Waals surface area (Å²) in [6.45, 7) is 18.2. The molecule has 2 N–H and O–H groups in total. The molecule has 1 aliphatic carbocycles. The van der Waals surface area contributed by atoms with Gasteiger partial charge in [-0.2, -0.15) is 0 Å². The van der Waals surface area contributed by atoms with Crippen LogP contribution in [0.2, 0.25) is 0 Å². The van der Waals surface area contributed by atoms with Gasteiger partial charge in [-0.3, -0.25) is 9.79 Å². The van der Waals surface area contributed by atoms with E-state index in [1.807, 2.05) is 13.8 Å². The number of fused-ring (bicyclic) bond motifs is 2. The van der Waals surface area contributed by atoms with Gasteiger partial charge in [0, 0.05) is 55.7 Å². The van der Waals surface area contributed by atoms with Crippen molar-refractivity contribution in [3.05, 3.63) is 34.9 Å². The molecule has 8 nitrogen and oxygen atoms in total. The largest absolute Gasteiger partial charge is 0.458 e. The van der Waals surface area contributed by atoms with Gasteiger partial charge >= 0.3 is 5.97 Å². The maximum absolute atomic E-state index is 12.6. The predicted molar refractivity (Wildman–Crippen MR) is 193 cm³/mol. The zero-order chi connectivity index (χ0) is 35.6. The molecule has 278 valence electrons. The first-order valence-corrected chi connectivity index (χ1v) is 19.9. The molecule has 4 bridgehead atoms. The van der Waals surface area contributed by atoms with Crippen molar-refractivity contribution in [1.29, 1.82) is 0 Å². The Bertz CT molecular complexity index is 1450. The minimum Gasteiger partial charge on any atom is -0.458 e. The highest BCUT2D eigenvalue weighted by Gasteiger charge is 2.64. The number of nitrogens with zero attached hydrogens (tertiary/aromatic N) is 1. The van der Waals surface area contributed by atoms with Crippen LogP contribution in [0.4, 0.5) is 0 Å². The van der Waals surface area contributed by atoms with E-state index in [4.69, 9.17) is 23.9 Å². The van der Waals surface area contributed by atoms with Gasteiger partial charge in [0.05, 0.1) is 24.2 Å². The Morgan fingerprint density at radius 2 is 1.72 bits per heavy atom. The molecule has 6 heterocycles. The molecule has 3 spiro atoms. The van der Waals surface area contributed by atoms with E-state index in [1.165, 1.54) is 22.4 Å². The molecule has 7 aliphatic rings. The Morgan fingerprint density at radius 3 is 2.48 bits per heavy atom. The number of ether oxygens (including phenoxy) is 4. The van der Waals surface area contributed by atoms with Crippen molar-refractivity contribution >= 4 is 11.7 Å². The molecule has 0 aromatic heterocycles. The summed E-state index contributed by atoms with van der Waals surface area (Å²) in [5.74, 6) is -1.04. The van der Waals surface area contributed by atoms with Gasteiger partial charge in [-0.05, 0) is 108 Å². The maximum Gasteiger partial charge on any atom is 0.309 e. The first-order valence-electron chi connectivity index (χ1n) is 19.9. The van der Waals surface area contributed by atoms with E-state index < -0.39 is 23.3 Å². The Kier molecular flexibility index (Phi) is 9.89. The summed E-state index contributed by atoms with van der Waals surface area (Å²) >= 11 is 0. The third-order valence-electron chi connectivity index (χ3n) is 14.3. The van der Waals surface area contributed by atoms with Gasteiger partial charge in [0.25, 0.3) is 0 Å². The number of aliphatic hydroxyl groups is 2. The average molecular weight is 694 g/mol. The fraction of sp³-hybridized carbons (Fsp3) is 0.810. The van der Waals surface area contributed by atoms with Gasteiger partial charge in [-0.1, -0.05) is 44.6 Å². The van der Waals surface area contributed by atoms with E-state index >= 15 is 0 Å². The van der Waals surface area contributed by atoms with Crippen molar-refractivity contribution in [2.24, 2.45) is 34.1 Å². The summed E-state index contributed by atoms with van der Waals surface area (Å²) in [6.07, 6.45) is 13.1. The molecule has 12 atom stereocenters. The van der Waals surface area contributed by atoms with Crippen LogP contribution in [-0.4, -0.2) is 70.0 Å². The molecular formula is C42H63NO7. The van der Waals surface area contributed by atoms with E-state index in [2.05, 4.69) is 40.3 Å². The third-order valence-corrected chi connectivity index (χ3v) is 14.3. The van der Waals surface area contributed by atoms with Crippen LogP contribution in [0.25, 0.3) is 0 Å². The second kappa shape index (κ2) is 13.5. The summed E-state index contributed by atoms with van der Waals surface area (Å²) in [6, 6.07) is 0. The van der Waals surface area contributed by atoms with E-state index in [9.17, 15) is 15.0 Å². The summed E-state index contributed by atoms with van der Waals surface area (Å²) in [4.78, 5) is 18.0. The molecule has 0 aromatic carbocycles. The number of esters is 1. The average Bonchev–Trinajstić information content (AvgIpc) is 3.71. The van der Waals surface area contributed by atoms with Crippen molar-refractivity contribution in [3.8, 4) is 0 Å². The topological polar surface area (TPSA) is 107 Å². The standard InChI is InChI=1S/C42H63NO7/c1-25-9-8-10-37-40(23-28(4)29(5)24-43-37)15-13-33(36-21-27(3)38(45)47-36)30(6)34(40)20-26(2)35(44)22-32-12-16-41(48-32)17-18-42(50-41)39(7,46)14-11-31(19-25)49-42/h20,27-29,31-32,34-36,44,46H,1,8-19,21-24H2,2-7H3. The van der Waals surface area contributed by atoms with E-state index in [0.29, 0.717) is 37.5 Å². The van der Waals surface area contributed by atoms with Crippen LogP contribution in [-0.2, 0) is 23.7 Å². The molecule has 0 amide bonds. The molecule has 8 heteroatoms. The molecule has 6 aliphatic heterocycles. The Labute approximate surface area is 300 Å². The third kappa shape index (κ3) is 6.52. The summed E-state index contributed by atoms with van der Waals surface area (Å²) in [5.41, 5.74) is 4.73. The molecular weight excluding hydrogens is 630 g/mol. The van der Waals surface area contributed by atoms with Gasteiger partial charge in [0.15, 0.2) is 5.79 Å². The fourth-order valence-electron chi connectivity index (χ4n) is 10.7. The second-order valence-electron chi connectivity index (χ2n) is 17.9. The van der Waals surface area contributed by atoms with Gasteiger partial charge < -0.3 is 29.2 Å². The first kappa shape index (κ1) is 36.5. The molecule has 12 unspecified atom stereocenters. The van der Waals surface area contributed by atoms with Crippen molar-refractivity contribution in [3.63, 3.8) is 0 Å². The van der Waals surface area contributed by atoms with Gasteiger partial charge in [-0.15, -0.1) is 0 Å². The van der Waals surface area contributed by atoms with Crippen LogP contribution in [0.5, 0.6) is 0 Å². The number of aliphatic hydroxyl groups excluding tert-OH is 1. The van der Waals surface area contributed by atoms with Crippen molar-refractivity contribution in [1.82, 2.24) is 0 Å². The first-order chi connectivity index (χ1) is 23.6. The second-order valence-corrected chi connectivity index (χ2v) is 17.9. The number of carbonyl (C=O) groups is 1. The quantitative estimate of drug-likeness (QED) is 0.212. The number of hydrogen-bond acceptors (Lipinski definition) is 8. The summed E-state index contributed by atoms with van der Waals surface area (Å²) in [5, 5.41) is 23.4. The molecule has 50 heavy (non-hydrogen) atoms. The smallest absolute Gasteiger partial charge is 0.309 e. The van der Waals surface area contributed by atoms with Crippen molar-refractivity contribution in [2.45, 2.75) is 179 Å². The van der Waals surface area contributed by atoms with Crippen LogP contribution in [0.3, 0.4) is 0 Å². The van der Waals surface area contributed by atoms with E-state index in [1.54, 1.807) is 0 Å². The lowest BCUT2D eigenvalue weighted by Crippen LogP contribution is -2.60. The molecule has 4 fully saturated rings. The number of aliphatic imine (C=N–C) groups is 1. The predicted octanol–water partition coefficient (Wildman–Crippen LogP) is 7.91. The van der Waals surface area contributed by atoms with Crippen LogP contribution < -0.4 is 0 Å². The van der Waals surface area contributed by atoms with E-state index in [-0.39, 0.29) is 41.5 Å². The number of cyclic esters (lactones) is 1. The highest BCUT2D eigenvalue weighted by molar-refractivity contribution is 5.92. The minimum atomic E-state index is -1.11. The normalized spacial score (nSPS) is 47.6. The van der Waals surface area contributed by atoms with Gasteiger partial charge in [0.2, 0.25) is 5.79 Å². The summed E-state index contributed by atoms with van der Waals surface area (Å²) < 4.78 is 26.2. The van der Waals surface area contributed by atoms with Crippen molar-refractivity contribution in [2.75, 3.05) is 6.54 Å². The summed E-state index contributed by atoms with van der Waals surface area (Å²) in [7, 11) is 0. The lowest BCUT2D eigenvalue weighted by atomic mass is 9.56. The van der Waals surface area contributed by atoms with Gasteiger partial charge in [0.1, 0.15) is 11.7 Å². The van der Waals surface area contributed by atoms with Crippen LogP contribution in [0.1, 0.15) is 138 Å². The molecule has 0 radical (unpaired) electrons. The molecule has 0 saturated carbocycles. The number of allylic oxidation sites excluding steroid dienone is 2. The monoisotopic (exact) mass is 693 g/mol.